The summed E-state index contributed by atoms with van der Waals surface area (Å²) in [6.45, 7) is 4.46. The van der Waals surface area contributed by atoms with Crippen molar-refractivity contribution in [1.29, 1.82) is 0 Å². The summed E-state index contributed by atoms with van der Waals surface area (Å²) >= 11 is 0. The summed E-state index contributed by atoms with van der Waals surface area (Å²) in [4.78, 5) is 37.3. The summed E-state index contributed by atoms with van der Waals surface area (Å²) in [5.74, 6) is -2.21. The van der Waals surface area contributed by atoms with Gasteiger partial charge in [0.15, 0.2) is 6.10 Å². The van der Waals surface area contributed by atoms with Gasteiger partial charge >= 0.3 is 17.9 Å². The Balaban J connectivity index is 4.49. The number of esters is 2. The molecule has 0 bridgehead atoms. The van der Waals surface area contributed by atoms with Crippen molar-refractivity contribution in [3.8, 4) is 0 Å². The van der Waals surface area contributed by atoms with Crippen molar-refractivity contribution in [1.82, 2.24) is 0 Å². The van der Waals surface area contributed by atoms with Crippen LogP contribution in [0.4, 0.5) is 0 Å². The van der Waals surface area contributed by atoms with E-state index in [-0.39, 0.29) is 32.7 Å². The maximum Gasteiger partial charge on any atom is 0.361 e. The fourth-order valence-corrected chi connectivity index (χ4v) is 6.53. The Morgan fingerprint density at radius 2 is 0.714 bits per heavy atom. The first-order valence-corrected chi connectivity index (χ1v) is 28.6. The van der Waals surface area contributed by atoms with Crippen molar-refractivity contribution < 1.29 is 42.9 Å². The average molecular weight is 1060 g/mol. The molecule has 0 aromatic carbocycles. The number of aliphatic carboxylic acids is 1. The van der Waals surface area contributed by atoms with Crippen LogP contribution in [-0.4, -0.2) is 87.4 Å². The van der Waals surface area contributed by atoms with Crippen LogP contribution in [0.25, 0.3) is 0 Å². The van der Waals surface area contributed by atoms with Crippen molar-refractivity contribution in [2.45, 2.75) is 167 Å². The number of unbranched alkanes of at least 4 members (excludes halogenated alkanes) is 2. The van der Waals surface area contributed by atoms with Crippen LogP contribution in [0.15, 0.2) is 194 Å². The van der Waals surface area contributed by atoms with Crippen LogP contribution in [0.1, 0.15) is 155 Å². The Morgan fingerprint density at radius 3 is 1.04 bits per heavy atom. The first-order valence-electron chi connectivity index (χ1n) is 28.6. The molecule has 0 radical (unpaired) electrons. The highest BCUT2D eigenvalue weighted by molar-refractivity contribution is 5.71. The summed E-state index contributed by atoms with van der Waals surface area (Å²) in [5.41, 5.74) is 0. The fraction of sp³-hybridized carbons (Fsp3) is 0.485. The van der Waals surface area contributed by atoms with Crippen LogP contribution in [0, 0.1) is 0 Å². The summed E-state index contributed by atoms with van der Waals surface area (Å²) in [6, 6.07) is 0. The molecule has 0 saturated heterocycles. The normalized spacial score (nSPS) is 14.2. The van der Waals surface area contributed by atoms with Crippen LogP contribution >= 0.6 is 0 Å². The van der Waals surface area contributed by atoms with Crippen molar-refractivity contribution in [3.63, 3.8) is 0 Å². The predicted octanol–water partition coefficient (Wildman–Crippen LogP) is 17.1. The Morgan fingerprint density at radius 1 is 0.390 bits per heavy atom. The van der Waals surface area contributed by atoms with E-state index in [1.807, 2.05) is 33.3 Å². The topological polar surface area (TPSA) is 108 Å². The molecule has 9 heteroatoms. The monoisotopic (exact) mass is 1060 g/mol. The zero-order valence-corrected chi connectivity index (χ0v) is 48.3. The van der Waals surface area contributed by atoms with Gasteiger partial charge in [-0.2, -0.15) is 0 Å². The van der Waals surface area contributed by atoms with E-state index in [1.54, 1.807) is 0 Å². The number of hydrogen-bond acceptors (Lipinski definition) is 7. The highest BCUT2D eigenvalue weighted by Crippen LogP contribution is 2.09. The lowest BCUT2D eigenvalue weighted by atomic mass is 10.2. The molecule has 0 aliphatic rings. The molecule has 0 spiro atoms. The van der Waals surface area contributed by atoms with Crippen LogP contribution in [0.3, 0.4) is 0 Å². The number of likely N-dealkylation sites (N-methyl/N-ethyl adjacent to an activating group) is 1. The third kappa shape index (κ3) is 57.7. The van der Waals surface area contributed by atoms with Gasteiger partial charge in [0.2, 0.25) is 0 Å². The fourth-order valence-electron chi connectivity index (χ4n) is 6.53. The van der Waals surface area contributed by atoms with Gasteiger partial charge in [0.05, 0.1) is 34.4 Å². The minimum absolute atomic E-state index is 0.154. The summed E-state index contributed by atoms with van der Waals surface area (Å²) < 4.78 is 22.7. The standard InChI is InChI=1S/C68H101NO8/c1-6-8-10-12-14-16-18-20-22-24-26-27-28-29-30-31-32-33-34-35-36-37-38-39-41-43-45-47-49-51-53-55-57-59-66(71)77-64(63-76-68(67(72)73)74-61-60-69(3,4)5)62-75-65(70)58-56-54-52-50-48-46-44-42-40-25-23-21-19-17-15-13-11-9-7-2/h8-11,14-17,20-23,26-27,29-30,32-33,35-36,38-40,42-43,45-46,48-49,51-52,54,64,68H,6-7,12-13,18-19,24-25,28,31,34,37,41,44,47,50,53,55-63H2,1-5H3/p+1/b10-8-,11-9-,16-14-,17-15-,22-20-,23-21-,27-26-,30-29-,33-32-,36-35-,39-38-,42-40-,45-43-,48-46-,51-49-,54-52-. The molecule has 0 saturated carbocycles. The van der Waals surface area contributed by atoms with E-state index < -0.39 is 30.3 Å². The van der Waals surface area contributed by atoms with Crippen LogP contribution < -0.4 is 0 Å². The molecular weight excluding hydrogens is 959 g/mol. The molecule has 0 amide bonds. The van der Waals surface area contributed by atoms with Crippen molar-refractivity contribution in [2.24, 2.45) is 0 Å². The number of carbonyl (C=O) groups is 3. The number of carboxylic acids is 1. The zero-order chi connectivity index (χ0) is 56.2. The number of allylic oxidation sites excluding steroid dienone is 32. The SMILES string of the molecule is CC/C=C\C/C=C\C/C=C\C/C=C\C/C=C\C/C=C\C/C=C\C/C=C\C/C=C\C/C=C\CCCCC(=O)OC(COC(=O)CC/C=C\C/C=C\C/C=C\C/C=C\C/C=C\C/C=C\CC)COC(OCC[N+](C)(C)C)C(=O)O. The highest BCUT2D eigenvalue weighted by atomic mass is 16.7. The molecule has 0 heterocycles. The molecule has 0 aliphatic carbocycles. The Bertz CT molecular complexity index is 1960. The molecular formula is C68H102NO8+. The van der Waals surface area contributed by atoms with Gasteiger partial charge in [-0.3, -0.25) is 9.59 Å². The van der Waals surface area contributed by atoms with Crippen molar-refractivity contribution in [2.75, 3.05) is 47.5 Å². The molecule has 1 N–H and O–H groups in total. The largest absolute Gasteiger partial charge is 0.477 e. The number of ether oxygens (including phenoxy) is 4. The van der Waals surface area contributed by atoms with E-state index in [0.29, 0.717) is 23.9 Å². The average Bonchev–Trinajstić information content (AvgIpc) is 3.40. The minimum Gasteiger partial charge on any atom is -0.477 e. The molecule has 0 rings (SSSR count). The van der Waals surface area contributed by atoms with Gasteiger partial charge in [0.25, 0.3) is 6.29 Å². The zero-order valence-electron chi connectivity index (χ0n) is 48.3. The molecule has 426 valence electrons. The second-order valence-electron chi connectivity index (χ2n) is 19.1. The third-order valence-electron chi connectivity index (χ3n) is 10.9. The summed E-state index contributed by atoms with van der Waals surface area (Å²) in [7, 11) is 5.91. The second-order valence-corrected chi connectivity index (χ2v) is 19.1. The molecule has 0 aromatic rings. The van der Waals surface area contributed by atoms with Gasteiger partial charge in [0.1, 0.15) is 13.2 Å². The van der Waals surface area contributed by atoms with Crippen LogP contribution in [0.2, 0.25) is 0 Å². The van der Waals surface area contributed by atoms with E-state index in [4.69, 9.17) is 18.9 Å². The quantitative estimate of drug-likeness (QED) is 0.0211. The van der Waals surface area contributed by atoms with Gasteiger partial charge < -0.3 is 28.5 Å². The smallest absolute Gasteiger partial charge is 0.361 e. The summed E-state index contributed by atoms with van der Waals surface area (Å²) in [6.07, 6.45) is 85.3. The van der Waals surface area contributed by atoms with Gasteiger partial charge in [-0.1, -0.05) is 208 Å². The number of hydrogen-bond donors (Lipinski definition) is 1. The Kier molecular flexibility index (Phi) is 52.0. The number of carbonyl (C=O) groups excluding carboxylic acids is 2. The maximum absolute atomic E-state index is 12.9. The van der Waals surface area contributed by atoms with Crippen molar-refractivity contribution >= 4 is 17.9 Å². The Labute approximate surface area is 468 Å². The maximum atomic E-state index is 12.9. The number of nitrogens with zero attached hydrogens (tertiary/aromatic N) is 1. The molecule has 77 heavy (non-hydrogen) atoms. The first kappa shape index (κ1) is 71.1. The first-order chi connectivity index (χ1) is 37.6. The number of quaternary nitrogens is 1. The lowest BCUT2D eigenvalue weighted by molar-refractivity contribution is -0.870. The summed E-state index contributed by atoms with van der Waals surface area (Å²) in [5, 5.41) is 9.69. The number of carboxylic acid groups (broad SMARTS) is 1. The minimum atomic E-state index is -1.55. The molecule has 9 nitrogen and oxygen atoms in total. The molecule has 2 unspecified atom stereocenters. The molecule has 0 fully saturated rings. The predicted molar refractivity (Wildman–Crippen MR) is 326 cm³/mol. The van der Waals surface area contributed by atoms with E-state index in [2.05, 4.69) is 196 Å². The Hall–Kier alpha value is -5.87. The van der Waals surface area contributed by atoms with E-state index in [9.17, 15) is 19.5 Å². The lowest BCUT2D eigenvalue weighted by Crippen LogP contribution is -2.40. The van der Waals surface area contributed by atoms with Gasteiger partial charge in [-0.25, -0.2) is 4.79 Å². The third-order valence-corrected chi connectivity index (χ3v) is 10.9. The van der Waals surface area contributed by atoms with E-state index >= 15 is 0 Å². The van der Waals surface area contributed by atoms with Crippen LogP contribution in [0.5, 0.6) is 0 Å². The molecule has 2 atom stereocenters. The molecule has 0 aliphatic heterocycles. The van der Waals surface area contributed by atoms with Gasteiger partial charge in [-0.15, -0.1) is 0 Å². The molecule has 0 aromatic heterocycles. The van der Waals surface area contributed by atoms with E-state index in [0.717, 1.165) is 116 Å². The van der Waals surface area contributed by atoms with Gasteiger partial charge in [-0.05, 0) is 128 Å². The second kappa shape index (κ2) is 56.3. The van der Waals surface area contributed by atoms with Gasteiger partial charge in [0, 0.05) is 12.8 Å². The van der Waals surface area contributed by atoms with E-state index in [1.165, 1.54) is 0 Å². The lowest BCUT2D eigenvalue weighted by Gasteiger charge is -2.25. The van der Waals surface area contributed by atoms with Crippen molar-refractivity contribution in [3.05, 3.63) is 194 Å². The number of rotatable bonds is 49. The highest BCUT2D eigenvalue weighted by Gasteiger charge is 2.25. The van der Waals surface area contributed by atoms with Crippen LogP contribution in [-0.2, 0) is 33.3 Å².